The van der Waals surface area contributed by atoms with Crippen molar-refractivity contribution in [3.63, 3.8) is 0 Å². The second-order valence-electron chi connectivity index (χ2n) is 5.57. The summed E-state index contributed by atoms with van der Waals surface area (Å²) in [5, 5.41) is 0. The van der Waals surface area contributed by atoms with Gasteiger partial charge in [-0.1, -0.05) is 0 Å². The molecule has 0 radical (unpaired) electrons. The molecule has 2 N–H and O–H groups in total. The van der Waals surface area contributed by atoms with Crippen LogP contribution in [0, 0.1) is 0 Å². The van der Waals surface area contributed by atoms with E-state index in [-0.39, 0.29) is 11.7 Å². The topological polar surface area (TPSA) is 44.5 Å². The highest BCUT2D eigenvalue weighted by Gasteiger charge is 2.39. The van der Waals surface area contributed by atoms with Gasteiger partial charge in [-0.3, -0.25) is 0 Å². The third-order valence-corrected chi connectivity index (χ3v) is 5.74. The maximum absolute atomic E-state index is 6.18. The summed E-state index contributed by atoms with van der Waals surface area (Å²) in [4.78, 5) is 0. The van der Waals surface area contributed by atoms with Crippen LogP contribution in [0.4, 0.5) is 5.69 Å². The van der Waals surface area contributed by atoms with Crippen molar-refractivity contribution in [2.45, 2.75) is 37.4 Å². The Morgan fingerprint density at radius 1 is 1.35 bits per heavy atom. The number of thioether (sulfide) groups is 1. The minimum Gasteiger partial charge on any atom is -0.489 e. The Labute approximate surface area is 132 Å². The van der Waals surface area contributed by atoms with Crippen molar-refractivity contribution in [1.29, 1.82) is 0 Å². The quantitative estimate of drug-likeness (QED) is 0.816. The zero-order valence-electron chi connectivity index (χ0n) is 11.4. The average molecular weight is 358 g/mol. The fourth-order valence-corrected chi connectivity index (χ4v) is 4.54. The Hall–Kier alpha value is -0.390. The van der Waals surface area contributed by atoms with Gasteiger partial charge in [-0.15, -0.1) is 0 Å². The fourth-order valence-electron chi connectivity index (χ4n) is 2.97. The van der Waals surface area contributed by atoms with Crippen LogP contribution in [-0.4, -0.2) is 29.8 Å². The van der Waals surface area contributed by atoms with Gasteiger partial charge in [0, 0.05) is 24.6 Å². The molecule has 110 valence electrons. The van der Waals surface area contributed by atoms with Crippen LogP contribution in [0.1, 0.15) is 25.7 Å². The second kappa shape index (κ2) is 6.16. The van der Waals surface area contributed by atoms with Crippen molar-refractivity contribution in [2.75, 3.05) is 23.8 Å². The van der Waals surface area contributed by atoms with Crippen LogP contribution in [0.3, 0.4) is 0 Å². The first-order chi connectivity index (χ1) is 9.67. The summed E-state index contributed by atoms with van der Waals surface area (Å²) in [7, 11) is 0. The second-order valence-corrected chi connectivity index (χ2v) is 7.65. The molecule has 5 heteroatoms. The number of ether oxygens (including phenoxy) is 2. The summed E-state index contributed by atoms with van der Waals surface area (Å²) in [5.41, 5.74) is 6.63. The van der Waals surface area contributed by atoms with E-state index in [9.17, 15) is 0 Å². The van der Waals surface area contributed by atoms with Gasteiger partial charge < -0.3 is 15.2 Å². The van der Waals surface area contributed by atoms with E-state index >= 15 is 0 Å². The van der Waals surface area contributed by atoms with Crippen molar-refractivity contribution < 1.29 is 9.47 Å². The zero-order valence-corrected chi connectivity index (χ0v) is 13.8. The van der Waals surface area contributed by atoms with Crippen LogP contribution in [0.2, 0.25) is 0 Å². The lowest BCUT2D eigenvalue weighted by molar-refractivity contribution is -0.116. The maximum Gasteiger partial charge on any atom is 0.135 e. The first-order valence-electron chi connectivity index (χ1n) is 7.10. The van der Waals surface area contributed by atoms with Gasteiger partial charge in [-0.25, -0.2) is 0 Å². The van der Waals surface area contributed by atoms with Gasteiger partial charge in [-0.05, 0) is 52.4 Å². The van der Waals surface area contributed by atoms with Crippen molar-refractivity contribution in [3.05, 3.63) is 22.7 Å². The molecule has 0 saturated carbocycles. The predicted octanol–water partition coefficient (Wildman–Crippen LogP) is 3.85. The van der Waals surface area contributed by atoms with Gasteiger partial charge in [0.25, 0.3) is 0 Å². The molecule has 1 aromatic carbocycles. The van der Waals surface area contributed by atoms with Crippen LogP contribution in [0.15, 0.2) is 22.7 Å². The van der Waals surface area contributed by atoms with Crippen molar-refractivity contribution in [3.8, 4) is 5.75 Å². The van der Waals surface area contributed by atoms with E-state index in [1.165, 1.54) is 11.5 Å². The van der Waals surface area contributed by atoms with Crippen LogP contribution in [0.25, 0.3) is 0 Å². The molecule has 3 nitrogen and oxygen atoms in total. The molecule has 2 saturated heterocycles. The van der Waals surface area contributed by atoms with Crippen molar-refractivity contribution >= 4 is 33.4 Å². The molecule has 1 aromatic rings. The molecule has 20 heavy (non-hydrogen) atoms. The smallest absolute Gasteiger partial charge is 0.135 e. The molecule has 2 aliphatic heterocycles. The fraction of sp³-hybridized carbons (Fsp3) is 0.600. The Morgan fingerprint density at radius 2 is 2.15 bits per heavy atom. The highest BCUT2D eigenvalue weighted by atomic mass is 79.9. The van der Waals surface area contributed by atoms with Crippen LogP contribution in [0.5, 0.6) is 5.75 Å². The number of benzene rings is 1. The standard InChI is InChI=1S/C15H20BrNO2S/c16-13-2-1-11(17)9-14(13)19-12-3-6-18-15(10-12)4-7-20-8-5-15/h1-2,9,12H,3-8,10,17H2. The maximum atomic E-state index is 6.18. The van der Waals surface area contributed by atoms with E-state index in [2.05, 4.69) is 15.9 Å². The third kappa shape index (κ3) is 3.26. The number of halogens is 1. The summed E-state index contributed by atoms with van der Waals surface area (Å²) < 4.78 is 13.2. The van der Waals surface area contributed by atoms with Gasteiger partial charge >= 0.3 is 0 Å². The van der Waals surface area contributed by atoms with E-state index in [0.717, 1.165) is 48.2 Å². The Kier molecular flexibility index (Phi) is 4.48. The molecule has 0 aliphatic carbocycles. The number of hydrogen-bond acceptors (Lipinski definition) is 4. The summed E-state index contributed by atoms with van der Waals surface area (Å²) in [6.45, 7) is 0.801. The number of hydrogen-bond donors (Lipinski definition) is 1. The lowest BCUT2D eigenvalue weighted by Crippen LogP contribution is -2.46. The zero-order chi connectivity index (χ0) is 14.0. The lowest BCUT2D eigenvalue weighted by Gasteiger charge is -2.43. The number of anilines is 1. The van der Waals surface area contributed by atoms with Crippen LogP contribution >= 0.6 is 27.7 Å². The normalized spacial score (nSPS) is 25.6. The third-order valence-electron chi connectivity index (χ3n) is 4.10. The summed E-state index contributed by atoms with van der Waals surface area (Å²) >= 11 is 5.56. The minimum atomic E-state index is 0.0565. The monoisotopic (exact) mass is 357 g/mol. The van der Waals surface area contributed by atoms with E-state index < -0.39 is 0 Å². The number of nitrogens with two attached hydrogens (primary N) is 1. The van der Waals surface area contributed by atoms with E-state index in [1.807, 2.05) is 30.0 Å². The van der Waals surface area contributed by atoms with E-state index in [1.54, 1.807) is 0 Å². The van der Waals surface area contributed by atoms with Gasteiger partial charge in [0.2, 0.25) is 0 Å². The molecule has 1 atom stereocenters. The minimum absolute atomic E-state index is 0.0565. The molecule has 1 spiro atoms. The molecule has 0 aromatic heterocycles. The average Bonchev–Trinajstić information content (AvgIpc) is 2.44. The van der Waals surface area contributed by atoms with Gasteiger partial charge in [-0.2, -0.15) is 11.8 Å². The molecule has 2 fully saturated rings. The molecule has 3 rings (SSSR count). The van der Waals surface area contributed by atoms with Gasteiger partial charge in [0.1, 0.15) is 11.9 Å². The first kappa shape index (κ1) is 14.5. The highest BCUT2D eigenvalue weighted by Crippen LogP contribution is 2.39. The largest absolute Gasteiger partial charge is 0.489 e. The SMILES string of the molecule is Nc1ccc(Br)c(OC2CCOC3(CCSCC3)C2)c1. The Morgan fingerprint density at radius 3 is 2.95 bits per heavy atom. The summed E-state index contributed by atoms with van der Waals surface area (Å²) in [5.74, 6) is 3.25. The molecule has 2 aliphatic rings. The molecule has 0 amide bonds. The predicted molar refractivity (Wildman–Crippen MR) is 87.4 cm³/mol. The molecular weight excluding hydrogens is 338 g/mol. The number of rotatable bonds is 2. The lowest BCUT2D eigenvalue weighted by atomic mass is 9.86. The molecule has 2 heterocycles. The van der Waals surface area contributed by atoms with E-state index in [0.29, 0.717) is 0 Å². The Balaban J connectivity index is 1.69. The molecule has 0 bridgehead atoms. The Bertz CT molecular complexity index is 471. The summed E-state index contributed by atoms with van der Waals surface area (Å²) in [6, 6.07) is 5.71. The van der Waals surface area contributed by atoms with Crippen LogP contribution < -0.4 is 10.5 Å². The van der Waals surface area contributed by atoms with Crippen molar-refractivity contribution in [2.24, 2.45) is 0 Å². The van der Waals surface area contributed by atoms with E-state index in [4.69, 9.17) is 15.2 Å². The first-order valence-corrected chi connectivity index (χ1v) is 9.05. The van der Waals surface area contributed by atoms with Crippen LogP contribution in [-0.2, 0) is 4.74 Å². The van der Waals surface area contributed by atoms with Gasteiger partial charge in [0.15, 0.2) is 0 Å². The van der Waals surface area contributed by atoms with Gasteiger partial charge in [0.05, 0.1) is 16.7 Å². The van der Waals surface area contributed by atoms with Crippen molar-refractivity contribution in [1.82, 2.24) is 0 Å². The molecule has 1 unspecified atom stereocenters. The number of nitrogen functional groups attached to an aromatic ring is 1. The molecular formula is C15H20BrNO2S. The highest BCUT2D eigenvalue weighted by molar-refractivity contribution is 9.10. The summed E-state index contributed by atoms with van der Waals surface area (Å²) in [6.07, 6.45) is 4.47.